The Morgan fingerprint density at radius 3 is 2.56 bits per heavy atom. The van der Waals surface area contributed by atoms with E-state index in [9.17, 15) is 22.8 Å². The van der Waals surface area contributed by atoms with Crippen LogP contribution in [-0.4, -0.2) is 55.4 Å². The summed E-state index contributed by atoms with van der Waals surface area (Å²) in [5.41, 5.74) is -0.0502. The molecule has 2 rings (SSSR count). The Labute approximate surface area is 158 Å². The van der Waals surface area contributed by atoms with Crippen LogP contribution in [0.2, 0.25) is 0 Å². The number of carbonyl (C=O) groups excluding carboxylic acids is 2. The number of hydrogen-bond donors (Lipinski definition) is 0. The van der Waals surface area contributed by atoms with Crippen molar-refractivity contribution in [2.45, 2.75) is 52.6 Å². The molecule has 1 saturated heterocycles. The second kappa shape index (κ2) is 8.24. The molecule has 2 heterocycles. The van der Waals surface area contributed by atoms with Crippen molar-refractivity contribution >= 4 is 21.7 Å². The molecule has 27 heavy (non-hydrogen) atoms. The van der Waals surface area contributed by atoms with E-state index in [-0.39, 0.29) is 28.9 Å². The number of hydrogen-bond acceptors (Lipinski definition) is 7. The number of esters is 1. The molecule has 0 N–H and O–H groups in total. The van der Waals surface area contributed by atoms with Crippen molar-refractivity contribution in [2.75, 3.05) is 18.1 Å². The number of sulfone groups is 1. The third-order valence-electron chi connectivity index (χ3n) is 4.82. The minimum Gasteiger partial charge on any atom is -0.452 e. The van der Waals surface area contributed by atoms with Gasteiger partial charge in [0.1, 0.15) is 11.3 Å². The third kappa shape index (κ3) is 4.97. The van der Waals surface area contributed by atoms with Crippen LogP contribution in [-0.2, 0) is 19.4 Å². The quantitative estimate of drug-likeness (QED) is 0.661. The van der Waals surface area contributed by atoms with Crippen molar-refractivity contribution in [1.29, 1.82) is 0 Å². The lowest BCUT2D eigenvalue weighted by Crippen LogP contribution is -2.48. The molecule has 1 aliphatic rings. The first-order valence-electron chi connectivity index (χ1n) is 8.85. The summed E-state index contributed by atoms with van der Waals surface area (Å²) < 4.78 is 33.6. The zero-order valence-electron chi connectivity index (χ0n) is 16.0. The predicted molar refractivity (Wildman–Crippen MR) is 98.4 cm³/mol. The highest BCUT2D eigenvalue weighted by atomic mass is 32.2. The molecule has 0 bridgehead atoms. The topological polar surface area (TPSA) is 111 Å². The molecule has 0 saturated carbocycles. The SMILES string of the molecule is CC[C@@H](C)N(C(=O)COC(=O)c1c(C)cc(=O)oc1C)[C@H]1CCS(=O)(=O)C1. The van der Waals surface area contributed by atoms with Gasteiger partial charge in [0.15, 0.2) is 16.4 Å². The Morgan fingerprint density at radius 1 is 1.37 bits per heavy atom. The summed E-state index contributed by atoms with van der Waals surface area (Å²) in [4.78, 5) is 37.9. The van der Waals surface area contributed by atoms with Crippen LogP contribution in [0.1, 0.15) is 48.4 Å². The molecule has 150 valence electrons. The summed E-state index contributed by atoms with van der Waals surface area (Å²) in [6, 6.07) is 0.599. The fourth-order valence-corrected chi connectivity index (χ4v) is 5.05. The van der Waals surface area contributed by atoms with Crippen LogP contribution >= 0.6 is 0 Å². The van der Waals surface area contributed by atoms with Crippen LogP contribution in [0.5, 0.6) is 0 Å². The van der Waals surface area contributed by atoms with Crippen molar-refractivity contribution in [1.82, 2.24) is 4.90 Å². The number of aryl methyl sites for hydroxylation is 2. The van der Waals surface area contributed by atoms with Gasteiger partial charge in [-0.05, 0) is 39.2 Å². The number of nitrogens with zero attached hydrogens (tertiary/aromatic N) is 1. The molecule has 1 aromatic rings. The van der Waals surface area contributed by atoms with Gasteiger partial charge in [-0.3, -0.25) is 4.79 Å². The summed E-state index contributed by atoms with van der Waals surface area (Å²) in [5, 5.41) is 0. The monoisotopic (exact) mass is 399 g/mol. The predicted octanol–water partition coefficient (Wildman–Crippen LogP) is 1.23. The normalized spacial score (nSPS) is 19.5. The summed E-state index contributed by atoms with van der Waals surface area (Å²) in [6.45, 7) is 6.29. The van der Waals surface area contributed by atoms with Crippen LogP contribution in [0, 0.1) is 13.8 Å². The second-order valence-corrected chi connectivity index (χ2v) is 9.10. The molecule has 0 unspecified atom stereocenters. The van der Waals surface area contributed by atoms with E-state index in [1.807, 2.05) is 13.8 Å². The summed E-state index contributed by atoms with van der Waals surface area (Å²) >= 11 is 0. The van der Waals surface area contributed by atoms with Gasteiger partial charge in [-0.1, -0.05) is 6.92 Å². The number of carbonyl (C=O) groups is 2. The fraction of sp³-hybridized carbons (Fsp3) is 0.611. The minimum absolute atomic E-state index is 0.0547. The van der Waals surface area contributed by atoms with Crippen LogP contribution < -0.4 is 5.63 Å². The first-order valence-corrected chi connectivity index (χ1v) is 10.7. The lowest BCUT2D eigenvalue weighted by atomic mass is 10.1. The maximum atomic E-state index is 12.7. The van der Waals surface area contributed by atoms with Gasteiger partial charge in [0, 0.05) is 18.2 Å². The van der Waals surface area contributed by atoms with Crippen LogP contribution in [0.3, 0.4) is 0 Å². The Morgan fingerprint density at radius 2 is 2.04 bits per heavy atom. The first kappa shape index (κ1) is 21.1. The smallest absolute Gasteiger partial charge is 0.342 e. The highest BCUT2D eigenvalue weighted by Crippen LogP contribution is 2.22. The van der Waals surface area contributed by atoms with Crippen molar-refractivity contribution in [3.8, 4) is 0 Å². The molecule has 2 atom stereocenters. The number of ether oxygens (including phenoxy) is 1. The Hall–Kier alpha value is -2.16. The standard InChI is InChI=1S/C18H25NO7S/c1-5-12(3)19(14-6-7-27(23,24)10-14)15(20)9-25-18(22)17-11(2)8-16(21)26-13(17)4/h8,12,14H,5-7,9-10H2,1-4H3/t12-,14+/m1/s1. The van der Waals surface area contributed by atoms with Crippen molar-refractivity contribution in [2.24, 2.45) is 0 Å². The molecule has 1 amide bonds. The Balaban J connectivity index is 2.12. The molecule has 0 aliphatic carbocycles. The number of amides is 1. The van der Waals surface area contributed by atoms with Crippen molar-refractivity contribution in [3.05, 3.63) is 33.4 Å². The van der Waals surface area contributed by atoms with Gasteiger partial charge in [0.05, 0.1) is 11.5 Å². The van der Waals surface area contributed by atoms with Gasteiger partial charge in [-0.2, -0.15) is 0 Å². The molecule has 0 aromatic carbocycles. The fourth-order valence-electron chi connectivity index (χ4n) is 3.34. The van der Waals surface area contributed by atoms with Crippen LogP contribution in [0.25, 0.3) is 0 Å². The molecular formula is C18H25NO7S. The molecule has 9 heteroatoms. The molecule has 0 spiro atoms. The van der Waals surface area contributed by atoms with E-state index in [0.29, 0.717) is 18.4 Å². The van der Waals surface area contributed by atoms with E-state index in [4.69, 9.17) is 9.15 Å². The molecular weight excluding hydrogens is 374 g/mol. The van der Waals surface area contributed by atoms with E-state index in [0.717, 1.165) is 0 Å². The van der Waals surface area contributed by atoms with Gasteiger partial charge >= 0.3 is 11.6 Å². The molecule has 8 nitrogen and oxygen atoms in total. The second-order valence-electron chi connectivity index (χ2n) is 6.87. The first-order chi connectivity index (χ1) is 12.6. The van der Waals surface area contributed by atoms with Gasteiger partial charge in [-0.15, -0.1) is 0 Å². The molecule has 1 aromatic heterocycles. The summed E-state index contributed by atoms with van der Waals surface area (Å²) in [5.74, 6) is -1.09. The highest BCUT2D eigenvalue weighted by molar-refractivity contribution is 7.91. The van der Waals surface area contributed by atoms with Crippen molar-refractivity contribution in [3.63, 3.8) is 0 Å². The average molecular weight is 399 g/mol. The molecule has 1 fully saturated rings. The largest absolute Gasteiger partial charge is 0.452 e. The molecule has 0 radical (unpaired) electrons. The highest BCUT2D eigenvalue weighted by Gasteiger charge is 2.36. The zero-order valence-corrected chi connectivity index (χ0v) is 16.8. The third-order valence-corrected chi connectivity index (χ3v) is 6.57. The Bertz CT molecular complexity index is 861. The van der Waals surface area contributed by atoms with Gasteiger partial charge in [0.25, 0.3) is 5.91 Å². The van der Waals surface area contributed by atoms with Crippen molar-refractivity contribution < 1.29 is 27.2 Å². The zero-order chi connectivity index (χ0) is 20.4. The van der Waals surface area contributed by atoms with Gasteiger partial charge < -0.3 is 14.1 Å². The lowest BCUT2D eigenvalue weighted by Gasteiger charge is -2.33. The average Bonchev–Trinajstić information content (AvgIpc) is 2.91. The van der Waals surface area contributed by atoms with E-state index < -0.39 is 40.0 Å². The maximum Gasteiger partial charge on any atom is 0.342 e. The van der Waals surface area contributed by atoms with Crippen LogP contribution in [0.4, 0.5) is 0 Å². The van der Waals surface area contributed by atoms with E-state index in [1.54, 1.807) is 6.92 Å². The maximum absolute atomic E-state index is 12.7. The van der Waals surface area contributed by atoms with E-state index >= 15 is 0 Å². The van der Waals surface area contributed by atoms with Gasteiger partial charge in [0.2, 0.25) is 0 Å². The van der Waals surface area contributed by atoms with Gasteiger partial charge in [-0.25, -0.2) is 18.0 Å². The van der Waals surface area contributed by atoms with E-state index in [1.165, 1.54) is 17.9 Å². The summed E-state index contributed by atoms with van der Waals surface area (Å²) in [6.07, 6.45) is 1.03. The van der Waals surface area contributed by atoms with Crippen LogP contribution in [0.15, 0.2) is 15.3 Å². The molecule has 1 aliphatic heterocycles. The lowest BCUT2D eigenvalue weighted by molar-refractivity contribution is -0.138. The minimum atomic E-state index is -3.15. The summed E-state index contributed by atoms with van der Waals surface area (Å²) in [7, 11) is -3.15. The van der Waals surface area contributed by atoms with E-state index in [2.05, 4.69) is 0 Å². The number of rotatable bonds is 6. The Kier molecular flexibility index (Phi) is 6.46.